The summed E-state index contributed by atoms with van der Waals surface area (Å²) in [7, 11) is 0. The second kappa shape index (κ2) is 53.9. The summed E-state index contributed by atoms with van der Waals surface area (Å²) in [6.45, 7) is 6.40. The summed E-state index contributed by atoms with van der Waals surface area (Å²) in [6.07, 6.45) is 71.2. The molecular formula is C60H100O6. The second-order valence-electron chi connectivity index (χ2n) is 17.9. The summed E-state index contributed by atoms with van der Waals surface area (Å²) in [4.78, 5) is 38.0. The van der Waals surface area contributed by atoms with E-state index < -0.39 is 6.10 Å². The third kappa shape index (κ3) is 51.3. The molecule has 0 amide bonds. The molecule has 0 spiro atoms. The molecule has 376 valence electrons. The van der Waals surface area contributed by atoms with Crippen LogP contribution in [0.2, 0.25) is 0 Å². The highest BCUT2D eigenvalue weighted by Gasteiger charge is 2.19. The van der Waals surface area contributed by atoms with Crippen LogP contribution >= 0.6 is 0 Å². The Labute approximate surface area is 407 Å². The topological polar surface area (TPSA) is 78.9 Å². The molecule has 0 radical (unpaired) electrons. The quantitative estimate of drug-likeness (QED) is 0.0199. The lowest BCUT2D eigenvalue weighted by Gasteiger charge is -2.18. The summed E-state index contributed by atoms with van der Waals surface area (Å²) >= 11 is 0. The van der Waals surface area contributed by atoms with Gasteiger partial charge in [-0.25, -0.2) is 0 Å². The zero-order valence-corrected chi connectivity index (χ0v) is 42.9. The first kappa shape index (κ1) is 62.3. The molecule has 0 aliphatic rings. The average molecular weight is 917 g/mol. The van der Waals surface area contributed by atoms with Crippen LogP contribution in [0, 0.1) is 0 Å². The van der Waals surface area contributed by atoms with Crippen LogP contribution in [0.5, 0.6) is 0 Å². The van der Waals surface area contributed by atoms with Gasteiger partial charge in [0.05, 0.1) is 0 Å². The van der Waals surface area contributed by atoms with Gasteiger partial charge in [0.25, 0.3) is 0 Å². The fourth-order valence-corrected chi connectivity index (χ4v) is 7.41. The van der Waals surface area contributed by atoms with E-state index in [0.29, 0.717) is 19.3 Å². The summed E-state index contributed by atoms with van der Waals surface area (Å²) in [5.74, 6) is -1.02. The highest BCUT2D eigenvalue weighted by Crippen LogP contribution is 2.15. The maximum absolute atomic E-state index is 12.8. The maximum atomic E-state index is 12.8. The number of carbonyl (C=O) groups excluding carboxylic acids is 3. The van der Waals surface area contributed by atoms with Crippen molar-refractivity contribution in [1.29, 1.82) is 0 Å². The first-order chi connectivity index (χ1) is 32.5. The minimum atomic E-state index is -0.822. The molecule has 0 fully saturated rings. The van der Waals surface area contributed by atoms with Crippen LogP contribution < -0.4 is 0 Å². The highest BCUT2D eigenvalue weighted by atomic mass is 16.6. The molecule has 1 unspecified atom stereocenters. The Morgan fingerprint density at radius 3 is 1.15 bits per heavy atom. The summed E-state index contributed by atoms with van der Waals surface area (Å²) in [5.41, 5.74) is 0. The SMILES string of the molecule is CC/C=C/C=C/C=C/C=C/C=C/C=C/CCCCCC(=O)OC(COC(=O)CC/C=C/C/C=C/CCCCCCCC)COC(=O)CCCCCCCCCCCCCCCCCCCC. The minimum Gasteiger partial charge on any atom is -0.462 e. The molecule has 0 aromatic rings. The standard InChI is InChI=1S/C60H100O6/c1-4-7-10-13-16-19-22-25-27-29-31-32-35-38-41-44-47-50-53-59(62)65-56-57(55-64-58(61)52-49-46-43-40-37-34-24-21-18-15-12-9-6-3)66-60(63)54-51-48-45-42-39-36-33-30-28-26-23-20-17-14-11-8-5-2/h8,11,14,17,20,23,26,28,30,33-34,36-37,39,43,46,57H,4-7,9-10,12-13,15-16,18-19,21-22,24-25,27,29,31-32,35,38,40-42,44-45,47-56H2,1-3H3/b11-8+,17-14+,23-20+,28-26+,33-30+,37-34+,39-36+,46-43+. The molecule has 0 aliphatic carbocycles. The average Bonchev–Trinajstić information content (AvgIpc) is 3.31. The van der Waals surface area contributed by atoms with Crippen LogP contribution in [-0.4, -0.2) is 37.2 Å². The second-order valence-corrected chi connectivity index (χ2v) is 17.9. The van der Waals surface area contributed by atoms with Crippen molar-refractivity contribution in [3.05, 3.63) is 97.2 Å². The summed E-state index contributed by atoms with van der Waals surface area (Å²) < 4.78 is 16.7. The van der Waals surface area contributed by atoms with Crippen LogP contribution in [0.4, 0.5) is 0 Å². The van der Waals surface area contributed by atoms with Gasteiger partial charge in [0, 0.05) is 19.3 Å². The molecule has 1 atom stereocenters. The van der Waals surface area contributed by atoms with Crippen molar-refractivity contribution in [3.8, 4) is 0 Å². The van der Waals surface area contributed by atoms with Gasteiger partial charge in [-0.1, -0.05) is 266 Å². The van der Waals surface area contributed by atoms with Crippen molar-refractivity contribution in [1.82, 2.24) is 0 Å². The number of hydrogen-bond donors (Lipinski definition) is 0. The molecule has 6 heteroatoms. The van der Waals surface area contributed by atoms with Gasteiger partial charge >= 0.3 is 17.9 Å². The Morgan fingerprint density at radius 2 is 0.682 bits per heavy atom. The summed E-state index contributed by atoms with van der Waals surface area (Å²) in [5, 5.41) is 0. The molecule has 6 nitrogen and oxygen atoms in total. The molecule has 0 bridgehead atoms. The highest BCUT2D eigenvalue weighted by molar-refractivity contribution is 5.71. The van der Waals surface area contributed by atoms with Crippen molar-refractivity contribution in [3.63, 3.8) is 0 Å². The van der Waals surface area contributed by atoms with E-state index >= 15 is 0 Å². The van der Waals surface area contributed by atoms with Gasteiger partial charge < -0.3 is 14.2 Å². The predicted octanol–water partition coefficient (Wildman–Crippen LogP) is 18.1. The zero-order chi connectivity index (χ0) is 47.9. The van der Waals surface area contributed by atoms with Crippen molar-refractivity contribution in [2.75, 3.05) is 13.2 Å². The Bertz CT molecular complexity index is 1330. The Balaban J connectivity index is 4.50. The minimum absolute atomic E-state index is 0.112. The van der Waals surface area contributed by atoms with Gasteiger partial charge in [-0.3, -0.25) is 14.4 Å². The van der Waals surface area contributed by atoms with Crippen molar-refractivity contribution in [2.45, 2.75) is 252 Å². The largest absolute Gasteiger partial charge is 0.462 e. The van der Waals surface area contributed by atoms with Crippen LogP contribution in [0.25, 0.3) is 0 Å². The fraction of sp³-hybridized carbons (Fsp3) is 0.683. The van der Waals surface area contributed by atoms with Crippen molar-refractivity contribution in [2.24, 2.45) is 0 Å². The number of allylic oxidation sites excluding steroid dienone is 16. The normalized spacial score (nSPS) is 12.8. The molecule has 0 aromatic heterocycles. The van der Waals surface area contributed by atoms with E-state index in [1.54, 1.807) is 0 Å². The fourth-order valence-electron chi connectivity index (χ4n) is 7.41. The van der Waals surface area contributed by atoms with Gasteiger partial charge in [-0.2, -0.15) is 0 Å². The number of unbranched alkanes of at least 4 members (excludes halogenated alkanes) is 26. The number of carbonyl (C=O) groups is 3. The zero-order valence-electron chi connectivity index (χ0n) is 42.9. The molecule has 0 saturated carbocycles. The molecule has 0 aliphatic heterocycles. The van der Waals surface area contributed by atoms with Crippen molar-refractivity contribution < 1.29 is 28.6 Å². The summed E-state index contributed by atoms with van der Waals surface area (Å²) in [6, 6.07) is 0. The number of rotatable bonds is 48. The van der Waals surface area contributed by atoms with Gasteiger partial charge in [0.1, 0.15) is 13.2 Å². The molecule has 0 saturated heterocycles. The van der Waals surface area contributed by atoms with Crippen LogP contribution in [-0.2, 0) is 28.6 Å². The van der Waals surface area contributed by atoms with Gasteiger partial charge in [0.15, 0.2) is 6.10 Å². The Hall–Kier alpha value is -3.67. The van der Waals surface area contributed by atoms with Crippen LogP contribution in [0.15, 0.2) is 97.2 Å². The van der Waals surface area contributed by atoms with Gasteiger partial charge in [-0.05, 0) is 57.8 Å². The first-order valence-electron chi connectivity index (χ1n) is 27.3. The number of esters is 3. The third-order valence-corrected chi connectivity index (χ3v) is 11.5. The molecular weight excluding hydrogens is 817 g/mol. The predicted molar refractivity (Wildman–Crippen MR) is 284 cm³/mol. The van der Waals surface area contributed by atoms with Gasteiger partial charge in [0.2, 0.25) is 0 Å². The molecule has 0 N–H and O–H groups in total. The van der Waals surface area contributed by atoms with E-state index in [-0.39, 0.29) is 44.0 Å². The molecule has 66 heavy (non-hydrogen) atoms. The first-order valence-corrected chi connectivity index (χ1v) is 27.3. The molecule has 0 rings (SSSR count). The lowest BCUT2D eigenvalue weighted by molar-refractivity contribution is -0.166. The van der Waals surface area contributed by atoms with Crippen LogP contribution in [0.3, 0.4) is 0 Å². The van der Waals surface area contributed by atoms with E-state index in [9.17, 15) is 14.4 Å². The lowest BCUT2D eigenvalue weighted by Crippen LogP contribution is -2.30. The van der Waals surface area contributed by atoms with E-state index in [1.807, 2.05) is 66.8 Å². The smallest absolute Gasteiger partial charge is 0.306 e. The Morgan fingerprint density at radius 1 is 0.333 bits per heavy atom. The molecule has 0 heterocycles. The number of hydrogen-bond acceptors (Lipinski definition) is 6. The van der Waals surface area contributed by atoms with E-state index in [4.69, 9.17) is 14.2 Å². The lowest BCUT2D eigenvalue weighted by atomic mass is 10.0. The monoisotopic (exact) mass is 917 g/mol. The van der Waals surface area contributed by atoms with Crippen molar-refractivity contribution >= 4 is 17.9 Å². The van der Waals surface area contributed by atoms with Crippen LogP contribution in [0.1, 0.15) is 245 Å². The van der Waals surface area contributed by atoms with Gasteiger partial charge in [-0.15, -0.1) is 0 Å². The Kier molecular flexibility index (Phi) is 50.9. The number of ether oxygens (including phenoxy) is 3. The maximum Gasteiger partial charge on any atom is 0.306 e. The van der Waals surface area contributed by atoms with E-state index in [0.717, 1.165) is 57.8 Å². The van der Waals surface area contributed by atoms with E-state index in [1.165, 1.54) is 135 Å². The third-order valence-electron chi connectivity index (χ3n) is 11.5. The van der Waals surface area contributed by atoms with E-state index in [2.05, 4.69) is 51.2 Å². The molecule has 0 aromatic carbocycles.